The van der Waals surface area contributed by atoms with Crippen molar-refractivity contribution in [1.29, 1.82) is 0 Å². The molecule has 2 rings (SSSR count). The fourth-order valence-electron chi connectivity index (χ4n) is 2.55. The van der Waals surface area contributed by atoms with Crippen LogP contribution in [0.2, 0.25) is 0 Å². The van der Waals surface area contributed by atoms with Crippen LogP contribution in [0.3, 0.4) is 0 Å². The summed E-state index contributed by atoms with van der Waals surface area (Å²) in [5, 5.41) is 9.29. The molecule has 1 unspecified atom stereocenters. The maximum absolute atomic E-state index is 12.0. The maximum Gasteiger partial charge on any atom is 0.251 e. The van der Waals surface area contributed by atoms with Crippen molar-refractivity contribution in [2.24, 2.45) is 4.99 Å². The zero-order valence-electron chi connectivity index (χ0n) is 17.3. The lowest BCUT2D eigenvalue weighted by Gasteiger charge is -2.16. The van der Waals surface area contributed by atoms with Crippen LogP contribution < -0.4 is 25.4 Å². The second-order valence-electron chi connectivity index (χ2n) is 6.38. The van der Waals surface area contributed by atoms with Gasteiger partial charge in [0.15, 0.2) is 5.96 Å². The summed E-state index contributed by atoms with van der Waals surface area (Å²) in [4.78, 5) is 16.6. The average Bonchev–Trinajstić information content (AvgIpc) is 2.75. The lowest BCUT2D eigenvalue weighted by molar-refractivity contribution is 0.0954. The van der Waals surface area contributed by atoms with E-state index in [0.717, 1.165) is 18.0 Å². The molecule has 0 radical (unpaired) electrons. The van der Waals surface area contributed by atoms with Crippen LogP contribution in [0, 0.1) is 0 Å². The molecule has 7 nitrogen and oxygen atoms in total. The van der Waals surface area contributed by atoms with Gasteiger partial charge in [-0.2, -0.15) is 0 Å². The summed E-state index contributed by atoms with van der Waals surface area (Å²) < 4.78 is 11.1. The summed E-state index contributed by atoms with van der Waals surface area (Å²) >= 11 is 0. The molecule has 0 saturated heterocycles. The minimum Gasteiger partial charge on any atom is -0.497 e. The quantitative estimate of drug-likeness (QED) is 0.325. The van der Waals surface area contributed by atoms with Crippen molar-refractivity contribution in [3.63, 3.8) is 0 Å². The van der Waals surface area contributed by atoms with Crippen LogP contribution in [-0.2, 0) is 0 Å². The van der Waals surface area contributed by atoms with Gasteiger partial charge in [-0.05, 0) is 38.1 Å². The topological polar surface area (TPSA) is 84.0 Å². The maximum atomic E-state index is 12.0. The highest BCUT2D eigenvalue weighted by Gasteiger charge is 2.06. The number of hydrogen-bond acceptors (Lipinski definition) is 4. The molecule has 0 heterocycles. The highest BCUT2D eigenvalue weighted by Crippen LogP contribution is 2.19. The molecule has 156 valence electrons. The van der Waals surface area contributed by atoms with Gasteiger partial charge in [0, 0.05) is 31.3 Å². The Balaban J connectivity index is 1.77. The number of nitrogens with one attached hydrogen (secondary N) is 3. The van der Waals surface area contributed by atoms with Crippen molar-refractivity contribution in [2.75, 3.05) is 33.3 Å². The number of hydrogen-bond donors (Lipinski definition) is 3. The molecular formula is C22H30N4O3. The third-order valence-electron chi connectivity index (χ3n) is 3.97. The van der Waals surface area contributed by atoms with E-state index in [0.29, 0.717) is 31.2 Å². The van der Waals surface area contributed by atoms with Crippen LogP contribution in [0.4, 0.5) is 0 Å². The lowest BCUT2D eigenvalue weighted by atomic mass is 10.2. The summed E-state index contributed by atoms with van der Waals surface area (Å²) in [6, 6.07) is 16.7. The number of carbonyl (C=O) groups is 1. The first-order valence-corrected chi connectivity index (χ1v) is 9.78. The van der Waals surface area contributed by atoms with Gasteiger partial charge in [0.25, 0.3) is 5.91 Å². The molecule has 0 bridgehead atoms. The summed E-state index contributed by atoms with van der Waals surface area (Å²) in [5.74, 6) is 2.09. The number of rotatable bonds is 10. The summed E-state index contributed by atoms with van der Waals surface area (Å²) in [6.45, 7) is 6.26. The molecule has 0 saturated carbocycles. The summed E-state index contributed by atoms with van der Waals surface area (Å²) in [6.07, 6.45) is -0.102. The molecule has 3 N–H and O–H groups in total. The molecular weight excluding hydrogens is 368 g/mol. The van der Waals surface area contributed by atoms with E-state index in [1.807, 2.05) is 56.3 Å². The van der Waals surface area contributed by atoms with Crippen LogP contribution in [0.5, 0.6) is 11.5 Å². The first kappa shape index (κ1) is 22.1. The van der Waals surface area contributed by atoms with Gasteiger partial charge in [0.1, 0.15) is 17.6 Å². The second kappa shape index (κ2) is 12.3. The van der Waals surface area contributed by atoms with Crippen LogP contribution >= 0.6 is 0 Å². The van der Waals surface area contributed by atoms with E-state index < -0.39 is 0 Å². The van der Waals surface area contributed by atoms with E-state index in [-0.39, 0.29) is 12.0 Å². The van der Waals surface area contributed by atoms with Gasteiger partial charge in [0.2, 0.25) is 0 Å². The fraction of sp³-hybridized carbons (Fsp3) is 0.364. The van der Waals surface area contributed by atoms with Gasteiger partial charge in [-0.25, -0.2) is 4.99 Å². The molecule has 0 fully saturated rings. The van der Waals surface area contributed by atoms with Gasteiger partial charge in [-0.15, -0.1) is 0 Å². The van der Waals surface area contributed by atoms with Gasteiger partial charge in [0.05, 0.1) is 13.7 Å². The SMILES string of the molecule is CCNC(=NCC(C)Oc1cccc(OC)c1)NCCNC(=O)c1ccccc1. The van der Waals surface area contributed by atoms with E-state index in [4.69, 9.17) is 9.47 Å². The Hall–Kier alpha value is -3.22. The van der Waals surface area contributed by atoms with Crippen molar-refractivity contribution < 1.29 is 14.3 Å². The van der Waals surface area contributed by atoms with E-state index in [9.17, 15) is 4.79 Å². The molecule has 0 spiro atoms. The predicted octanol–water partition coefficient (Wildman–Crippen LogP) is 2.45. The van der Waals surface area contributed by atoms with Crippen LogP contribution in [0.15, 0.2) is 59.6 Å². The lowest BCUT2D eigenvalue weighted by Crippen LogP contribution is -2.42. The van der Waals surface area contributed by atoms with E-state index in [2.05, 4.69) is 20.9 Å². The highest BCUT2D eigenvalue weighted by molar-refractivity contribution is 5.94. The number of aliphatic imine (C=N–C) groups is 1. The van der Waals surface area contributed by atoms with E-state index in [1.54, 1.807) is 19.2 Å². The van der Waals surface area contributed by atoms with Crippen molar-refractivity contribution in [2.45, 2.75) is 20.0 Å². The Morgan fingerprint density at radius 2 is 1.72 bits per heavy atom. The van der Waals surface area contributed by atoms with Crippen molar-refractivity contribution in [1.82, 2.24) is 16.0 Å². The highest BCUT2D eigenvalue weighted by atomic mass is 16.5. The van der Waals surface area contributed by atoms with Gasteiger partial charge >= 0.3 is 0 Å². The second-order valence-corrected chi connectivity index (χ2v) is 6.38. The molecule has 1 amide bonds. The number of methoxy groups -OCH3 is 1. The minimum absolute atomic E-state index is 0.0883. The van der Waals surface area contributed by atoms with Gasteiger partial charge < -0.3 is 25.4 Å². The number of carbonyl (C=O) groups excluding carboxylic acids is 1. The number of nitrogens with zero attached hydrogens (tertiary/aromatic N) is 1. The normalized spacial score (nSPS) is 12.0. The van der Waals surface area contributed by atoms with Crippen LogP contribution in [0.25, 0.3) is 0 Å². The van der Waals surface area contributed by atoms with Gasteiger partial charge in [-0.1, -0.05) is 24.3 Å². The first-order chi connectivity index (χ1) is 14.1. The van der Waals surface area contributed by atoms with Crippen LogP contribution in [-0.4, -0.2) is 51.3 Å². The molecule has 2 aromatic rings. The van der Waals surface area contributed by atoms with E-state index >= 15 is 0 Å². The predicted molar refractivity (Wildman–Crippen MR) is 116 cm³/mol. The molecule has 0 aliphatic carbocycles. The number of ether oxygens (including phenoxy) is 2. The molecule has 0 aliphatic rings. The Labute approximate surface area is 172 Å². The molecule has 0 aliphatic heterocycles. The monoisotopic (exact) mass is 398 g/mol. The molecule has 2 aromatic carbocycles. The standard InChI is InChI=1S/C22H30N4O3/c1-4-23-22(25-14-13-24-21(27)18-9-6-5-7-10-18)26-16-17(2)29-20-12-8-11-19(15-20)28-3/h5-12,15,17H,4,13-14,16H2,1-3H3,(H,24,27)(H2,23,25,26). The van der Waals surface area contributed by atoms with Crippen molar-refractivity contribution in [3.8, 4) is 11.5 Å². The fourth-order valence-corrected chi connectivity index (χ4v) is 2.55. The average molecular weight is 399 g/mol. The van der Waals surface area contributed by atoms with Crippen molar-refractivity contribution >= 4 is 11.9 Å². The molecule has 1 atom stereocenters. The van der Waals surface area contributed by atoms with Crippen LogP contribution in [0.1, 0.15) is 24.2 Å². The number of amides is 1. The first-order valence-electron chi connectivity index (χ1n) is 9.78. The molecule has 29 heavy (non-hydrogen) atoms. The Morgan fingerprint density at radius 1 is 1.00 bits per heavy atom. The Bertz CT molecular complexity index is 781. The summed E-state index contributed by atoms with van der Waals surface area (Å²) in [7, 11) is 1.63. The number of guanidine groups is 1. The van der Waals surface area contributed by atoms with E-state index in [1.165, 1.54) is 0 Å². The number of benzene rings is 2. The third-order valence-corrected chi connectivity index (χ3v) is 3.97. The van der Waals surface area contributed by atoms with Crippen molar-refractivity contribution in [3.05, 3.63) is 60.2 Å². The molecule has 7 heteroatoms. The van der Waals surface area contributed by atoms with Gasteiger partial charge in [-0.3, -0.25) is 4.79 Å². The Morgan fingerprint density at radius 3 is 2.45 bits per heavy atom. The minimum atomic E-state index is -0.102. The summed E-state index contributed by atoms with van der Waals surface area (Å²) in [5.41, 5.74) is 0.650. The zero-order chi connectivity index (χ0) is 20.9. The zero-order valence-corrected chi connectivity index (χ0v) is 17.3. The largest absolute Gasteiger partial charge is 0.497 e. The molecule has 0 aromatic heterocycles. The third kappa shape index (κ3) is 8.13. The Kier molecular flexibility index (Phi) is 9.35. The smallest absolute Gasteiger partial charge is 0.251 e.